The van der Waals surface area contributed by atoms with Gasteiger partial charge < -0.3 is 19.1 Å². The summed E-state index contributed by atoms with van der Waals surface area (Å²) in [7, 11) is 3.32. The highest BCUT2D eigenvalue weighted by Crippen LogP contribution is 2.41. The smallest absolute Gasteiger partial charge is 0.164 e. The molecule has 174 valence electrons. The van der Waals surface area contributed by atoms with Crippen molar-refractivity contribution in [3.8, 4) is 17.2 Å². The maximum Gasteiger partial charge on any atom is 0.164 e. The predicted octanol–water partition coefficient (Wildman–Crippen LogP) is 3.46. The van der Waals surface area contributed by atoms with Crippen molar-refractivity contribution < 1.29 is 14.2 Å². The van der Waals surface area contributed by atoms with Crippen molar-refractivity contribution in [3.05, 3.63) is 59.7 Å². The molecule has 6 nitrogen and oxygen atoms in total. The van der Waals surface area contributed by atoms with Crippen LogP contribution in [0.1, 0.15) is 11.1 Å². The monoisotopic (exact) mass is 447 g/mol. The van der Waals surface area contributed by atoms with Crippen LogP contribution in [0.2, 0.25) is 0 Å². The van der Waals surface area contributed by atoms with Gasteiger partial charge in [0.1, 0.15) is 5.75 Å². The van der Waals surface area contributed by atoms with Crippen LogP contribution in [-0.4, -0.2) is 82.2 Å². The van der Waals surface area contributed by atoms with Crippen molar-refractivity contribution in [2.45, 2.75) is 0 Å². The normalized spacial score (nSPS) is 23.0. The molecule has 6 heteroatoms. The Hall–Kier alpha value is -2.83. The zero-order chi connectivity index (χ0) is 22.6. The molecule has 2 aromatic rings. The van der Waals surface area contributed by atoms with Gasteiger partial charge in [-0.1, -0.05) is 42.5 Å². The van der Waals surface area contributed by atoms with E-state index in [2.05, 4.69) is 52.3 Å². The number of fused-ring (bicyclic) bond motifs is 3. The SMILES string of the molecule is COc1cc2c(cc1OC)C1=NCC(CN3CCN(C/C=C/c4ccccc4)CC3)C1CO2. The average molecular weight is 448 g/mol. The fourth-order valence-electron chi connectivity index (χ4n) is 5.12. The highest BCUT2D eigenvalue weighted by atomic mass is 16.5. The van der Waals surface area contributed by atoms with Crippen LogP contribution in [0, 0.1) is 11.8 Å². The van der Waals surface area contributed by atoms with Gasteiger partial charge in [0.2, 0.25) is 0 Å². The first kappa shape index (κ1) is 22.0. The highest BCUT2D eigenvalue weighted by molar-refractivity contribution is 6.07. The molecule has 5 rings (SSSR count). The molecule has 0 radical (unpaired) electrons. The van der Waals surface area contributed by atoms with E-state index >= 15 is 0 Å². The summed E-state index contributed by atoms with van der Waals surface area (Å²) >= 11 is 0. The lowest BCUT2D eigenvalue weighted by atomic mass is 9.86. The predicted molar refractivity (Wildman–Crippen MR) is 132 cm³/mol. The molecular weight excluding hydrogens is 414 g/mol. The van der Waals surface area contributed by atoms with E-state index in [4.69, 9.17) is 19.2 Å². The Morgan fingerprint density at radius 3 is 2.48 bits per heavy atom. The molecule has 0 saturated carbocycles. The molecule has 0 aromatic heterocycles. The summed E-state index contributed by atoms with van der Waals surface area (Å²) in [5.41, 5.74) is 3.49. The summed E-state index contributed by atoms with van der Waals surface area (Å²) < 4.78 is 17.1. The number of hydrogen-bond donors (Lipinski definition) is 0. The number of benzene rings is 2. The Labute approximate surface area is 196 Å². The molecule has 3 aliphatic heterocycles. The minimum absolute atomic E-state index is 0.349. The first-order chi connectivity index (χ1) is 16.2. The molecule has 2 aromatic carbocycles. The minimum atomic E-state index is 0.349. The van der Waals surface area contributed by atoms with Crippen LogP contribution < -0.4 is 14.2 Å². The Bertz CT molecular complexity index is 1010. The van der Waals surface area contributed by atoms with Gasteiger partial charge in [-0.05, 0) is 11.6 Å². The molecule has 0 spiro atoms. The van der Waals surface area contributed by atoms with E-state index in [0.29, 0.717) is 24.2 Å². The Balaban J connectivity index is 1.14. The second-order valence-electron chi connectivity index (χ2n) is 9.02. The fourth-order valence-corrected chi connectivity index (χ4v) is 5.12. The van der Waals surface area contributed by atoms with Crippen LogP contribution in [0.15, 0.2) is 53.5 Å². The molecule has 33 heavy (non-hydrogen) atoms. The van der Waals surface area contributed by atoms with Crippen molar-refractivity contribution in [1.82, 2.24) is 9.80 Å². The maximum atomic E-state index is 6.15. The van der Waals surface area contributed by atoms with Gasteiger partial charge in [0, 0.05) is 69.3 Å². The number of ether oxygens (including phenoxy) is 3. The fraction of sp³-hybridized carbons (Fsp3) is 0.444. The van der Waals surface area contributed by atoms with Gasteiger partial charge in [-0.3, -0.25) is 9.89 Å². The molecular formula is C27H33N3O3. The Kier molecular flexibility index (Phi) is 6.65. The molecule has 0 bridgehead atoms. The summed E-state index contributed by atoms with van der Waals surface area (Å²) in [6.07, 6.45) is 4.50. The van der Waals surface area contributed by atoms with Crippen molar-refractivity contribution in [2.24, 2.45) is 16.8 Å². The van der Waals surface area contributed by atoms with Crippen molar-refractivity contribution in [1.29, 1.82) is 0 Å². The van der Waals surface area contributed by atoms with Crippen LogP contribution >= 0.6 is 0 Å². The summed E-state index contributed by atoms with van der Waals surface area (Å²) in [6, 6.07) is 14.5. The molecule has 1 saturated heterocycles. The second kappa shape index (κ2) is 9.98. The average Bonchev–Trinajstić information content (AvgIpc) is 3.28. The number of hydrogen-bond acceptors (Lipinski definition) is 6. The maximum absolute atomic E-state index is 6.15. The lowest BCUT2D eigenvalue weighted by Gasteiger charge is -2.37. The summed E-state index contributed by atoms with van der Waals surface area (Å²) in [5.74, 6) is 3.12. The van der Waals surface area contributed by atoms with Crippen molar-refractivity contribution >= 4 is 11.8 Å². The van der Waals surface area contributed by atoms with E-state index in [-0.39, 0.29) is 0 Å². The van der Waals surface area contributed by atoms with Gasteiger partial charge >= 0.3 is 0 Å². The minimum Gasteiger partial charge on any atom is -0.493 e. The summed E-state index contributed by atoms with van der Waals surface area (Å²) in [6.45, 7) is 8.10. The van der Waals surface area contributed by atoms with Crippen LogP contribution in [0.4, 0.5) is 0 Å². The third-order valence-electron chi connectivity index (χ3n) is 7.03. The molecule has 0 aliphatic carbocycles. The molecule has 0 amide bonds. The van der Waals surface area contributed by atoms with Crippen LogP contribution in [-0.2, 0) is 0 Å². The third-order valence-corrected chi connectivity index (χ3v) is 7.03. The molecule has 1 fully saturated rings. The summed E-state index contributed by atoms with van der Waals surface area (Å²) in [5, 5.41) is 0. The van der Waals surface area contributed by atoms with E-state index < -0.39 is 0 Å². The van der Waals surface area contributed by atoms with Crippen molar-refractivity contribution in [2.75, 3.05) is 66.6 Å². The topological polar surface area (TPSA) is 46.5 Å². The highest BCUT2D eigenvalue weighted by Gasteiger charge is 2.39. The van der Waals surface area contributed by atoms with Gasteiger partial charge in [0.15, 0.2) is 11.5 Å². The Morgan fingerprint density at radius 1 is 1.00 bits per heavy atom. The number of aliphatic imine (C=N–C) groups is 1. The van der Waals surface area contributed by atoms with Crippen LogP contribution in [0.3, 0.4) is 0 Å². The van der Waals surface area contributed by atoms with E-state index in [1.165, 1.54) is 11.3 Å². The quantitative estimate of drug-likeness (QED) is 0.651. The summed E-state index contributed by atoms with van der Waals surface area (Å²) in [4.78, 5) is 10.1. The number of methoxy groups -OCH3 is 2. The standard InChI is InChI=1S/C27H33N3O3/c1-31-25-15-22-24(16-26(25)32-2)33-19-23-21(17-28-27(22)23)18-30-13-11-29(12-14-30)10-6-9-20-7-4-3-5-8-20/h3-9,15-16,21,23H,10-14,17-19H2,1-2H3/b9-6+. The zero-order valence-corrected chi connectivity index (χ0v) is 19.6. The zero-order valence-electron chi connectivity index (χ0n) is 19.6. The van der Waals surface area contributed by atoms with Gasteiger partial charge in [-0.25, -0.2) is 0 Å². The van der Waals surface area contributed by atoms with Gasteiger partial charge in [-0.2, -0.15) is 0 Å². The second-order valence-corrected chi connectivity index (χ2v) is 9.02. The van der Waals surface area contributed by atoms with Crippen molar-refractivity contribution in [3.63, 3.8) is 0 Å². The molecule has 3 aliphatic rings. The largest absolute Gasteiger partial charge is 0.493 e. The van der Waals surface area contributed by atoms with E-state index in [9.17, 15) is 0 Å². The van der Waals surface area contributed by atoms with Gasteiger partial charge in [-0.15, -0.1) is 0 Å². The van der Waals surface area contributed by atoms with E-state index in [0.717, 1.165) is 62.9 Å². The van der Waals surface area contributed by atoms with E-state index in [1.807, 2.05) is 12.1 Å². The number of nitrogens with zero attached hydrogens (tertiary/aromatic N) is 3. The third kappa shape index (κ3) is 4.77. The van der Waals surface area contributed by atoms with Crippen LogP contribution in [0.5, 0.6) is 17.2 Å². The van der Waals surface area contributed by atoms with Gasteiger partial charge in [0.25, 0.3) is 0 Å². The Morgan fingerprint density at radius 2 is 1.73 bits per heavy atom. The lowest BCUT2D eigenvalue weighted by molar-refractivity contribution is 0.115. The number of rotatable bonds is 7. The molecule has 2 atom stereocenters. The van der Waals surface area contributed by atoms with Crippen LogP contribution in [0.25, 0.3) is 6.08 Å². The first-order valence-electron chi connectivity index (χ1n) is 11.8. The lowest BCUT2D eigenvalue weighted by Crippen LogP contribution is -2.49. The molecule has 0 N–H and O–H groups in total. The van der Waals surface area contributed by atoms with E-state index in [1.54, 1.807) is 14.2 Å². The van der Waals surface area contributed by atoms with Gasteiger partial charge in [0.05, 0.1) is 26.5 Å². The number of piperazine rings is 1. The molecule has 3 heterocycles. The molecule has 2 unspecified atom stereocenters. The first-order valence-corrected chi connectivity index (χ1v) is 11.8.